The Morgan fingerprint density at radius 1 is 1.73 bits per heavy atom. The van der Waals surface area contributed by atoms with E-state index in [1.807, 2.05) is 0 Å². The highest BCUT2D eigenvalue weighted by Crippen LogP contribution is 2.02. The van der Waals surface area contributed by atoms with E-state index >= 15 is 0 Å². The van der Waals surface area contributed by atoms with E-state index in [9.17, 15) is 4.79 Å². The summed E-state index contributed by atoms with van der Waals surface area (Å²) >= 11 is 0. The highest BCUT2D eigenvalue weighted by atomic mass is 16.5. The minimum atomic E-state index is -0.934. The van der Waals surface area contributed by atoms with E-state index in [-0.39, 0.29) is 6.04 Å². The van der Waals surface area contributed by atoms with Crippen molar-refractivity contribution in [2.75, 3.05) is 13.2 Å². The van der Waals surface area contributed by atoms with Gasteiger partial charge in [-0.2, -0.15) is 0 Å². The van der Waals surface area contributed by atoms with E-state index in [1.54, 1.807) is 0 Å². The first kappa shape index (κ1) is 8.07. The maximum absolute atomic E-state index is 10.0. The lowest BCUT2D eigenvalue weighted by atomic mass is 10.3. The van der Waals surface area contributed by atoms with Crippen molar-refractivity contribution < 1.29 is 14.6 Å². The van der Waals surface area contributed by atoms with Crippen molar-refractivity contribution in [3.63, 3.8) is 0 Å². The largest absolute Gasteiger partial charge is 0.478 e. The average Bonchev–Trinajstić information content (AvgIpc) is 2.39. The van der Waals surface area contributed by atoms with Gasteiger partial charge in [-0.15, -0.1) is 0 Å². The molecule has 1 saturated heterocycles. The highest BCUT2D eigenvalue weighted by Gasteiger charge is 2.12. The number of carbonyl (C=O) groups is 1. The van der Waals surface area contributed by atoms with Gasteiger partial charge >= 0.3 is 5.97 Å². The summed E-state index contributed by atoms with van der Waals surface area (Å²) in [6.07, 6.45) is 3.48. The zero-order valence-corrected chi connectivity index (χ0v) is 6.12. The molecule has 1 aliphatic heterocycles. The maximum Gasteiger partial charge on any atom is 0.329 e. The molecule has 11 heavy (non-hydrogen) atoms. The molecule has 1 aliphatic rings. The highest BCUT2D eigenvalue weighted by molar-refractivity contribution is 5.79. The molecule has 0 aromatic rings. The van der Waals surface area contributed by atoms with Crippen molar-refractivity contribution in [3.05, 3.63) is 12.3 Å². The summed E-state index contributed by atoms with van der Waals surface area (Å²) < 4.78 is 5.07. The van der Waals surface area contributed by atoms with Crippen LogP contribution in [0.3, 0.4) is 0 Å². The topological polar surface area (TPSA) is 58.6 Å². The molecule has 0 aromatic heterocycles. The van der Waals surface area contributed by atoms with Gasteiger partial charge in [0.1, 0.15) is 0 Å². The molecule has 0 radical (unpaired) electrons. The number of aliphatic carboxylic acids is 1. The molecule has 0 amide bonds. The van der Waals surface area contributed by atoms with Crippen molar-refractivity contribution in [1.82, 2.24) is 5.32 Å². The molecule has 4 heteroatoms. The summed E-state index contributed by atoms with van der Waals surface area (Å²) in [7, 11) is 0. The lowest BCUT2D eigenvalue weighted by Crippen LogP contribution is -2.23. The second kappa shape index (κ2) is 3.98. The van der Waals surface area contributed by atoms with Gasteiger partial charge in [0.25, 0.3) is 0 Å². The summed E-state index contributed by atoms with van der Waals surface area (Å²) in [5.74, 6) is -0.934. The quantitative estimate of drug-likeness (QED) is 0.564. The second-order valence-electron chi connectivity index (χ2n) is 2.40. The van der Waals surface area contributed by atoms with Crippen LogP contribution in [0.5, 0.6) is 0 Å². The Morgan fingerprint density at radius 2 is 2.55 bits per heavy atom. The Hall–Kier alpha value is -1.03. The number of carboxylic acids is 1. The Labute approximate surface area is 64.9 Å². The number of rotatable bonds is 3. The first-order valence-electron chi connectivity index (χ1n) is 3.52. The molecule has 1 unspecified atom stereocenters. The van der Waals surface area contributed by atoms with Gasteiger partial charge < -0.3 is 15.2 Å². The molecular weight excluding hydrogens is 146 g/mol. The number of hydrogen-bond donors (Lipinski definition) is 2. The summed E-state index contributed by atoms with van der Waals surface area (Å²) in [6, 6.07) is 0.283. The predicted octanol–water partition coefficient (Wildman–Crippen LogP) is -0.0368. The fourth-order valence-corrected chi connectivity index (χ4v) is 0.921. The van der Waals surface area contributed by atoms with Gasteiger partial charge in [0.2, 0.25) is 0 Å². The number of carboxylic acid groups (broad SMARTS) is 1. The van der Waals surface area contributed by atoms with Crippen LogP contribution in [-0.4, -0.2) is 30.3 Å². The van der Waals surface area contributed by atoms with Gasteiger partial charge in [0.15, 0.2) is 0 Å². The van der Waals surface area contributed by atoms with Crippen LogP contribution >= 0.6 is 0 Å². The first-order valence-corrected chi connectivity index (χ1v) is 3.52. The average molecular weight is 157 g/mol. The Bertz CT molecular complexity index is 161. The van der Waals surface area contributed by atoms with E-state index in [2.05, 4.69) is 5.32 Å². The summed E-state index contributed by atoms with van der Waals surface area (Å²) in [4.78, 5) is 10.0. The first-order chi connectivity index (χ1) is 5.29. The zero-order chi connectivity index (χ0) is 8.10. The van der Waals surface area contributed by atoms with Crippen LogP contribution in [-0.2, 0) is 9.53 Å². The van der Waals surface area contributed by atoms with E-state index in [4.69, 9.17) is 9.84 Å². The molecule has 1 rings (SSSR count). The van der Waals surface area contributed by atoms with Crippen LogP contribution in [0, 0.1) is 0 Å². The second-order valence-corrected chi connectivity index (χ2v) is 2.40. The lowest BCUT2D eigenvalue weighted by Gasteiger charge is -2.05. The fourth-order valence-electron chi connectivity index (χ4n) is 0.921. The molecule has 0 aliphatic carbocycles. The molecule has 1 heterocycles. The van der Waals surface area contributed by atoms with Crippen LogP contribution in [0.1, 0.15) is 6.42 Å². The van der Waals surface area contributed by atoms with Gasteiger partial charge in [-0.05, 0) is 6.42 Å². The molecule has 62 valence electrons. The molecule has 0 aromatic carbocycles. The van der Waals surface area contributed by atoms with E-state index in [0.29, 0.717) is 6.61 Å². The third-order valence-corrected chi connectivity index (χ3v) is 1.49. The van der Waals surface area contributed by atoms with E-state index in [0.717, 1.165) is 19.1 Å². The number of ether oxygens (including phenoxy) is 1. The smallest absolute Gasteiger partial charge is 0.329 e. The van der Waals surface area contributed by atoms with Crippen molar-refractivity contribution in [2.24, 2.45) is 0 Å². The van der Waals surface area contributed by atoms with Crippen molar-refractivity contribution >= 4 is 5.97 Å². The maximum atomic E-state index is 10.0. The molecule has 1 atom stereocenters. The van der Waals surface area contributed by atoms with Crippen molar-refractivity contribution in [1.29, 1.82) is 0 Å². The molecule has 0 spiro atoms. The molecule has 0 saturated carbocycles. The van der Waals surface area contributed by atoms with Crippen LogP contribution < -0.4 is 5.32 Å². The molecular formula is C7H11NO3. The summed E-state index contributed by atoms with van der Waals surface area (Å²) in [6.45, 7) is 1.43. The van der Waals surface area contributed by atoms with Gasteiger partial charge in [0, 0.05) is 18.9 Å². The molecule has 1 fully saturated rings. The van der Waals surface area contributed by atoms with Gasteiger partial charge in [-0.1, -0.05) is 0 Å². The van der Waals surface area contributed by atoms with Crippen LogP contribution in [0.25, 0.3) is 0 Å². The third-order valence-electron chi connectivity index (χ3n) is 1.49. The number of hydrogen-bond acceptors (Lipinski definition) is 3. The minimum absolute atomic E-state index is 0.283. The predicted molar refractivity (Wildman–Crippen MR) is 39.1 cm³/mol. The standard InChI is InChI=1S/C7H11NO3/c9-7(10)1-3-8-6-2-4-11-5-6/h1,3,6,8H,2,4-5H2,(H,9,10)/b3-1+. The van der Waals surface area contributed by atoms with E-state index < -0.39 is 5.97 Å². The van der Waals surface area contributed by atoms with Gasteiger partial charge in [0.05, 0.1) is 12.6 Å². The van der Waals surface area contributed by atoms with Crippen molar-refractivity contribution in [2.45, 2.75) is 12.5 Å². The minimum Gasteiger partial charge on any atom is -0.478 e. The Morgan fingerprint density at radius 3 is 3.09 bits per heavy atom. The van der Waals surface area contributed by atoms with Crippen LogP contribution in [0.4, 0.5) is 0 Å². The normalized spacial score (nSPS) is 24.2. The van der Waals surface area contributed by atoms with Crippen molar-refractivity contribution in [3.8, 4) is 0 Å². The zero-order valence-electron chi connectivity index (χ0n) is 6.12. The Kier molecular flexibility index (Phi) is 2.92. The summed E-state index contributed by atoms with van der Waals surface area (Å²) in [5.41, 5.74) is 0. The van der Waals surface area contributed by atoms with Crippen LogP contribution in [0.2, 0.25) is 0 Å². The molecule has 2 N–H and O–H groups in total. The van der Waals surface area contributed by atoms with E-state index in [1.165, 1.54) is 6.20 Å². The third kappa shape index (κ3) is 3.04. The van der Waals surface area contributed by atoms with Gasteiger partial charge in [-0.25, -0.2) is 4.79 Å². The number of nitrogens with one attached hydrogen (secondary N) is 1. The van der Waals surface area contributed by atoms with Gasteiger partial charge in [-0.3, -0.25) is 0 Å². The lowest BCUT2D eigenvalue weighted by molar-refractivity contribution is -0.131. The van der Waals surface area contributed by atoms with Crippen LogP contribution in [0.15, 0.2) is 12.3 Å². The molecule has 4 nitrogen and oxygen atoms in total. The monoisotopic (exact) mass is 157 g/mol. The fraction of sp³-hybridized carbons (Fsp3) is 0.571. The Balaban J connectivity index is 2.15. The summed E-state index contributed by atoms with van der Waals surface area (Å²) in [5, 5.41) is 11.2. The SMILES string of the molecule is O=C(O)/C=C/NC1CCOC1. The molecule has 0 bridgehead atoms.